The molecule has 0 amide bonds. The minimum absolute atomic E-state index is 0.0837. The van der Waals surface area contributed by atoms with E-state index in [0.717, 1.165) is 24.2 Å². The molecule has 3 rings (SSSR count). The van der Waals surface area contributed by atoms with Crippen LogP contribution in [0.3, 0.4) is 0 Å². The lowest BCUT2D eigenvalue weighted by Crippen LogP contribution is -2.20. The highest BCUT2D eigenvalue weighted by molar-refractivity contribution is 5.94. The molecule has 0 unspecified atom stereocenters. The summed E-state index contributed by atoms with van der Waals surface area (Å²) in [5, 5.41) is 0. The molecule has 2 aromatic carbocycles. The Morgan fingerprint density at radius 2 is 2.05 bits per heavy atom. The van der Waals surface area contributed by atoms with Gasteiger partial charge in [0.15, 0.2) is 5.78 Å². The van der Waals surface area contributed by atoms with Gasteiger partial charge in [-0.1, -0.05) is 18.2 Å². The predicted molar refractivity (Wildman–Crippen MR) is 77.6 cm³/mol. The zero-order valence-corrected chi connectivity index (χ0v) is 11.4. The van der Waals surface area contributed by atoms with Crippen molar-refractivity contribution in [2.45, 2.75) is 19.9 Å². The Balaban J connectivity index is 1.87. The molecule has 0 radical (unpaired) electrons. The van der Waals surface area contributed by atoms with Crippen molar-refractivity contribution in [3.63, 3.8) is 0 Å². The molecule has 0 bridgehead atoms. The second-order valence-electron chi connectivity index (χ2n) is 5.16. The van der Waals surface area contributed by atoms with E-state index in [-0.39, 0.29) is 11.6 Å². The standard InChI is InChI=1S/C17H16FNO/c1-12(20)13-6-7-17-14(10-13)8-9-19(17)11-15-4-2-3-5-16(15)18/h2-7,10H,8-9,11H2,1H3. The predicted octanol–water partition coefficient (Wildman–Crippen LogP) is 3.59. The number of fused-ring (bicyclic) bond motifs is 1. The summed E-state index contributed by atoms with van der Waals surface area (Å²) < 4.78 is 13.7. The van der Waals surface area contributed by atoms with Crippen LogP contribution in [0.4, 0.5) is 10.1 Å². The fraction of sp³-hybridized carbons (Fsp3) is 0.235. The maximum atomic E-state index is 13.7. The third-order valence-electron chi connectivity index (χ3n) is 3.80. The summed E-state index contributed by atoms with van der Waals surface area (Å²) in [6.07, 6.45) is 0.908. The quantitative estimate of drug-likeness (QED) is 0.794. The van der Waals surface area contributed by atoms with Crippen molar-refractivity contribution in [1.82, 2.24) is 0 Å². The van der Waals surface area contributed by atoms with E-state index in [4.69, 9.17) is 0 Å². The number of anilines is 1. The van der Waals surface area contributed by atoms with E-state index in [9.17, 15) is 9.18 Å². The molecule has 2 aromatic rings. The molecular formula is C17H16FNO. The SMILES string of the molecule is CC(=O)c1ccc2c(c1)CCN2Cc1ccccc1F. The van der Waals surface area contributed by atoms with Gasteiger partial charge in [0.05, 0.1) is 0 Å². The fourth-order valence-electron chi connectivity index (χ4n) is 2.69. The molecule has 102 valence electrons. The molecule has 0 aliphatic carbocycles. The number of hydrogen-bond acceptors (Lipinski definition) is 2. The first-order chi connectivity index (χ1) is 9.65. The Morgan fingerprint density at radius 1 is 1.25 bits per heavy atom. The van der Waals surface area contributed by atoms with Gasteiger partial charge in [0.1, 0.15) is 5.82 Å². The smallest absolute Gasteiger partial charge is 0.159 e. The third-order valence-corrected chi connectivity index (χ3v) is 3.80. The van der Waals surface area contributed by atoms with Gasteiger partial charge in [0.2, 0.25) is 0 Å². The van der Waals surface area contributed by atoms with Crippen molar-refractivity contribution in [3.8, 4) is 0 Å². The van der Waals surface area contributed by atoms with Gasteiger partial charge in [0, 0.05) is 29.9 Å². The number of ketones is 1. The fourth-order valence-corrected chi connectivity index (χ4v) is 2.69. The number of carbonyl (C=O) groups excluding carboxylic acids is 1. The average molecular weight is 269 g/mol. The number of nitrogens with zero attached hydrogens (tertiary/aromatic N) is 1. The van der Waals surface area contributed by atoms with Crippen molar-refractivity contribution in [2.24, 2.45) is 0 Å². The molecule has 0 aromatic heterocycles. The Morgan fingerprint density at radius 3 is 2.80 bits per heavy atom. The molecule has 0 spiro atoms. The van der Waals surface area contributed by atoms with Crippen LogP contribution in [0.25, 0.3) is 0 Å². The molecule has 0 saturated carbocycles. The second-order valence-corrected chi connectivity index (χ2v) is 5.16. The van der Waals surface area contributed by atoms with Crippen LogP contribution >= 0.6 is 0 Å². The van der Waals surface area contributed by atoms with Crippen molar-refractivity contribution >= 4 is 11.5 Å². The zero-order valence-electron chi connectivity index (χ0n) is 11.4. The Hall–Kier alpha value is -2.16. The van der Waals surface area contributed by atoms with Crippen LogP contribution < -0.4 is 4.90 Å². The van der Waals surface area contributed by atoms with E-state index in [1.54, 1.807) is 13.0 Å². The number of Topliss-reactive ketones (excluding diaryl/α,β-unsaturated/α-hetero) is 1. The highest BCUT2D eigenvalue weighted by Crippen LogP contribution is 2.30. The first-order valence-electron chi connectivity index (χ1n) is 6.77. The molecular weight excluding hydrogens is 253 g/mol. The Kier molecular flexibility index (Phi) is 3.26. The summed E-state index contributed by atoms with van der Waals surface area (Å²) in [4.78, 5) is 13.6. The second kappa shape index (κ2) is 5.08. The Labute approximate surface area is 117 Å². The lowest BCUT2D eigenvalue weighted by atomic mass is 10.1. The molecule has 0 saturated heterocycles. The van der Waals surface area contributed by atoms with Crippen LogP contribution in [0.1, 0.15) is 28.4 Å². The van der Waals surface area contributed by atoms with Crippen LogP contribution in [0.2, 0.25) is 0 Å². The van der Waals surface area contributed by atoms with E-state index in [1.807, 2.05) is 30.3 Å². The summed E-state index contributed by atoms with van der Waals surface area (Å²) in [7, 11) is 0. The average Bonchev–Trinajstić information content (AvgIpc) is 2.84. The van der Waals surface area contributed by atoms with Crippen LogP contribution in [0, 0.1) is 5.82 Å². The van der Waals surface area contributed by atoms with Crippen molar-refractivity contribution in [3.05, 3.63) is 65.0 Å². The molecule has 0 atom stereocenters. The van der Waals surface area contributed by atoms with E-state index in [0.29, 0.717) is 12.1 Å². The van der Waals surface area contributed by atoms with Gasteiger partial charge < -0.3 is 4.90 Å². The lowest BCUT2D eigenvalue weighted by molar-refractivity contribution is 0.101. The van der Waals surface area contributed by atoms with Crippen molar-refractivity contribution in [1.29, 1.82) is 0 Å². The van der Waals surface area contributed by atoms with Crippen LogP contribution in [0.15, 0.2) is 42.5 Å². The summed E-state index contributed by atoms with van der Waals surface area (Å²) in [6.45, 7) is 3.01. The first kappa shape index (κ1) is 12.9. The third kappa shape index (κ3) is 2.31. The number of hydrogen-bond donors (Lipinski definition) is 0. The lowest BCUT2D eigenvalue weighted by Gasteiger charge is -2.20. The molecule has 0 fully saturated rings. The molecule has 20 heavy (non-hydrogen) atoms. The topological polar surface area (TPSA) is 20.3 Å². The van der Waals surface area contributed by atoms with E-state index >= 15 is 0 Å². The van der Waals surface area contributed by atoms with Crippen LogP contribution in [0.5, 0.6) is 0 Å². The molecule has 3 heteroatoms. The zero-order chi connectivity index (χ0) is 14.1. The van der Waals surface area contributed by atoms with Gasteiger partial charge in [-0.25, -0.2) is 4.39 Å². The van der Waals surface area contributed by atoms with Crippen LogP contribution in [-0.2, 0) is 13.0 Å². The van der Waals surface area contributed by atoms with Crippen LogP contribution in [-0.4, -0.2) is 12.3 Å². The first-order valence-corrected chi connectivity index (χ1v) is 6.77. The molecule has 1 aliphatic heterocycles. The summed E-state index contributed by atoms with van der Waals surface area (Å²) >= 11 is 0. The van der Waals surface area contributed by atoms with Gasteiger partial charge in [-0.3, -0.25) is 4.79 Å². The molecule has 0 N–H and O–H groups in total. The molecule has 1 aliphatic rings. The maximum Gasteiger partial charge on any atom is 0.159 e. The van der Waals surface area contributed by atoms with Gasteiger partial charge in [-0.05, 0) is 43.2 Å². The van der Waals surface area contributed by atoms with E-state index < -0.39 is 0 Å². The Bertz CT molecular complexity index is 666. The molecule has 1 heterocycles. The van der Waals surface area contributed by atoms with Crippen molar-refractivity contribution < 1.29 is 9.18 Å². The normalized spacial score (nSPS) is 13.4. The maximum absolute atomic E-state index is 13.7. The highest BCUT2D eigenvalue weighted by atomic mass is 19.1. The largest absolute Gasteiger partial charge is 0.367 e. The van der Waals surface area contributed by atoms with E-state index in [2.05, 4.69) is 4.90 Å². The minimum atomic E-state index is -0.165. The van der Waals surface area contributed by atoms with Gasteiger partial charge in [-0.2, -0.15) is 0 Å². The monoisotopic (exact) mass is 269 g/mol. The minimum Gasteiger partial charge on any atom is -0.367 e. The number of carbonyl (C=O) groups is 1. The van der Waals surface area contributed by atoms with Crippen molar-refractivity contribution in [2.75, 3.05) is 11.4 Å². The summed E-state index contributed by atoms with van der Waals surface area (Å²) in [6, 6.07) is 12.6. The van der Waals surface area contributed by atoms with Gasteiger partial charge >= 0.3 is 0 Å². The number of halogens is 1. The number of benzene rings is 2. The highest BCUT2D eigenvalue weighted by Gasteiger charge is 2.20. The molecule has 2 nitrogen and oxygen atoms in total. The van der Waals surface area contributed by atoms with E-state index in [1.165, 1.54) is 11.6 Å². The van der Waals surface area contributed by atoms with Gasteiger partial charge in [0.25, 0.3) is 0 Å². The summed E-state index contributed by atoms with van der Waals surface area (Å²) in [5.41, 5.74) is 3.74. The number of rotatable bonds is 3. The van der Waals surface area contributed by atoms with Gasteiger partial charge in [-0.15, -0.1) is 0 Å². The summed E-state index contributed by atoms with van der Waals surface area (Å²) in [5.74, 6) is -0.0818.